The van der Waals surface area contributed by atoms with Crippen LogP contribution in [0.2, 0.25) is 5.02 Å². The third-order valence-electron chi connectivity index (χ3n) is 4.22. The van der Waals surface area contributed by atoms with Gasteiger partial charge in [0.15, 0.2) is 0 Å². The molecule has 0 saturated heterocycles. The highest BCUT2D eigenvalue weighted by molar-refractivity contribution is 7.92. The minimum Gasteiger partial charge on any atom is -0.348 e. The second-order valence-corrected chi connectivity index (χ2v) is 8.56. The molecule has 1 amide bonds. The molecule has 0 atom stereocenters. The second kappa shape index (κ2) is 8.99. The number of anilines is 1. The van der Waals surface area contributed by atoms with Gasteiger partial charge in [-0.25, -0.2) is 8.42 Å². The van der Waals surface area contributed by atoms with Gasteiger partial charge in [-0.15, -0.1) is 0 Å². The number of sulfonamides is 1. The van der Waals surface area contributed by atoms with Gasteiger partial charge in [-0.2, -0.15) is 13.2 Å². The molecule has 31 heavy (non-hydrogen) atoms. The number of benzene rings is 3. The predicted octanol–water partition coefficient (Wildman–Crippen LogP) is 5.09. The van der Waals surface area contributed by atoms with Gasteiger partial charge in [0.2, 0.25) is 0 Å². The zero-order chi connectivity index (χ0) is 22.6. The number of halogens is 4. The van der Waals surface area contributed by atoms with E-state index < -0.39 is 27.7 Å². The van der Waals surface area contributed by atoms with Gasteiger partial charge in [0.05, 0.1) is 10.6 Å². The summed E-state index contributed by atoms with van der Waals surface area (Å²) in [5.41, 5.74) is -0.274. The molecular weight excluding hydrogens is 453 g/mol. The normalized spacial score (nSPS) is 11.7. The van der Waals surface area contributed by atoms with E-state index in [4.69, 9.17) is 11.6 Å². The van der Waals surface area contributed by atoms with Crippen LogP contribution in [-0.4, -0.2) is 14.3 Å². The molecule has 0 unspecified atom stereocenters. The number of alkyl halides is 3. The summed E-state index contributed by atoms with van der Waals surface area (Å²) in [6.45, 7) is -0.171. The molecule has 2 N–H and O–H groups in total. The average molecular weight is 469 g/mol. The highest BCUT2D eigenvalue weighted by Gasteiger charge is 2.30. The molecule has 0 aliphatic rings. The van der Waals surface area contributed by atoms with Gasteiger partial charge in [0.25, 0.3) is 15.9 Å². The molecular formula is C21H16ClF3N2O3S. The minimum absolute atomic E-state index is 0.00943. The number of amides is 1. The number of carbonyl (C=O) groups excluding carboxylic acids is 1. The van der Waals surface area contributed by atoms with Crippen LogP contribution in [0.4, 0.5) is 18.9 Å². The molecule has 0 radical (unpaired) electrons. The lowest BCUT2D eigenvalue weighted by molar-refractivity contribution is -0.137. The van der Waals surface area contributed by atoms with Crippen molar-refractivity contribution in [3.63, 3.8) is 0 Å². The van der Waals surface area contributed by atoms with Crippen LogP contribution in [-0.2, 0) is 22.7 Å². The Morgan fingerprint density at radius 3 is 2.32 bits per heavy atom. The van der Waals surface area contributed by atoms with E-state index in [-0.39, 0.29) is 27.6 Å². The molecule has 0 aliphatic heterocycles. The monoisotopic (exact) mass is 468 g/mol. The van der Waals surface area contributed by atoms with Crippen LogP contribution in [0.5, 0.6) is 0 Å². The molecule has 3 aromatic rings. The van der Waals surface area contributed by atoms with E-state index in [1.807, 2.05) is 0 Å². The lowest BCUT2D eigenvalue weighted by Crippen LogP contribution is -2.23. The van der Waals surface area contributed by atoms with Gasteiger partial charge < -0.3 is 5.32 Å². The van der Waals surface area contributed by atoms with Crippen LogP contribution < -0.4 is 10.0 Å². The first-order valence-corrected chi connectivity index (χ1v) is 10.7. The van der Waals surface area contributed by atoms with E-state index in [1.54, 1.807) is 30.3 Å². The number of para-hydroxylation sites is 1. The number of hydrogen-bond acceptors (Lipinski definition) is 3. The Bertz CT molecular complexity index is 1200. The van der Waals surface area contributed by atoms with Crippen molar-refractivity contribution in [1.82, 2.24) is 5.32 Å². The summed E-state index contributed by atoms with van der Waals surface area (Å²) in [5, 5.41) is 2.39. The molecule has 0 bridgehead atoms. The first kappa shape index (κ1) is 22.6. The van der Waals surface area contributed by atoms with Crippen LogP contribution in [0.1, 0.15) is 21.5 Å². The molecule has 162 valence electrons. The van der Waals surface area contributed by atoms with Gasteiger partial charge in [-0.05, 0) is 48.0 Å². The Morgan fingerprint density at radius 1 is 0.935 bits per heavy atom. The first-order chi connectivity index (χ1) is 14.6. The SMILES string of the molecule is O=C(NCc1cccc(C(F)(F)F)c1)c1ccc(Cl)c(S(=O)(=O)Nc2ccccc2)c1. The van der Waals surface area contributed by atoms with E-state index in [0.29, 0.717) is 5.69 Å². The van der Waals surface area contributed by atoms with Crippen molar-refractivity contribution < 1.29 is 26.4 Å². The Kier molecular flexibility index (Phi) is 6.56. The fourth-order valence-electron chi connectivity index (χ4n) is 2.71. The van der Waals surface area contributed by atoms with Crippen LogP contribution in [0.25, 0.3) is 0 Å². The van der Waals surface area contributed by atoms with Gasteiger partial charge in [-0.1, -0.05) is 41.9 Å². The van der Waals surface area contributed by atoms with Gasteiger partial charge in [0, 0.05) is 17.8 Å². The van der Waals surface area contributed by atoms with Crippen molar-refractivity contribution in [2.24, 2.45) is 0 Å². The molecule has 10 heteroatoms. The van der Waals surface area contributed by atoms with E-state index >= 15 is 0 Å². The van der Waals surface area contributed by atoms with Gasteiger partial charge >= 0.3 is 6.18 Å². The molecule has 0 aromatic heterocycles. The summed E-state index contributed by atoms with van der Waals surface area (Å²) >= 11 is 6.03. The summed E-state index contributed by atoms with van der Waals surface area (Å²) in [6, 6.07) is 16.4. The molecule has 3 rings (SSSR count). The summed E-state index contributed by atoms with van der Waals surface area (Å²) in [6.07, 6.45) is -4.49. The minimum atomic E-state index is -4.49. The van der Waals surface area contributed by atoms with Crippen molar-refractivity contribution in [3.8, 4) is 0 Å². The second-order valence-electron chi connectivity index (χ2n) is 6.50. The predicted molar refractivity (Wildman–Crippen MR) is 111 cm³/mol. The number of rotatable bonds is 6. The molecule has 0 heterocycles. The maximum atomic E-state index is 12.8. The Balaban J connectivity index is 1.77. The summed E-state index contributed by atoms with van der Waals surface area (Å²) in [7, 11) is -4.08. The Morgan fingerprint density at radius 2 is 1.65 bits per heavy atom. The smallest absolute Gasteiger partial charge is 0.348 e. The summed E-state index contributed by atoms with van der Waals surface area (Å²) in [5.74, 6) is -0.662. The van der Waals surface area contributed by atoms with Crippen LogP contribution >= 0.6 is 11.6 Å². The third kappa shape index (κ3) is 5.77. The lowest BCUT2D eigenvalue weighted by Gasteiger charge is -2.12. The highest BCUT2D eigenvalue weighted by Crippen LogP contribution is 2.29. The first-order valence-electron chi connectivity index (χ1n) is 8.88. The van der Waals surface area contributed by atoms with Crippen LogP contribution in [0.3, 0.4) is 0 Å². The van der Waals surface area contributed by atoms with Crippen LogP contribution in [0, 0.1) is 0 Å². The maximum Gasteiger partial charge on any atom is 0.416 e. The molecule has 5 nitrogen and oxygen atoms in total. The zero-order valence-electron chi connectivity index (χ0n) is 15.8. The highest BCUT2D eigenvalue weighted by atomic mass is 35.5. The summed E-state index contributed by atoms with van der Waals surface area (Å²) < 4.78 is 66.2. The topological polar surface area (TPSA) is 75.3 Å². The Hall–Kier alpha value is -3.04. The van der Waals surface area contributed by atoms with Crippen molar-refractivity contribution >= 4 is 33.2 Å². The van der Waals surface area contributed by atoms with Crippen LogP contribution in [0.15, 0.2) is 77.7 Å². The van der Waals surface area contributed by atoms with E-state index in [1.165, 1.54) is 24.3 Å². The lowest BCUT2D eigenvalue weighted by atomic mass is 10.1. The third-order valence-corrected chi connectivity index (χ3v) is 6.08. The van der Waals surface area contributed by atoms with Crippen molar-refractivity contribution in [2.45, 2.75) is 17.6 Å². The van der Waals surface area contributed by atoms with Crippen molar-refractivity contribution in [3.05, 3.63) is 94.5 Å². The number of carbonyl (C=O) groups is 1. The quantitative estimate of drug-likeness (QED) is 0.529. The van der Waals surface area contributed by atoms with Crippen molar-refractivity contribution in [1.29, 1.82) is 0 Å². The number of hydrogen-bond donors (Lipinski definition) is 2. The Labute approximate surface area is 181 Å². The summed E-state index contributed by atoms with van der Waals surface area (Å²) in [4.78, 5) is 12.2. The van der Waals surface area contributed by atoms with E-state index in [2.05, 4.69) is 10.0 Å². The molecule has 0 aliphatic carbocycles. The molecule has 0 fully saturated rings. The molecule has 0 spiro atoms. The largest absolute Gasteiger partial charge is 0.416 e. The van der Waals surface area contributed by atoms with Gasteiger partial charge in [-0.3, -0.25) is 9.52 Å². The van der Waals surface area contributed by atoms with Gasteiger partial charge in [0.1, 0.15) is 4.90 Å². The van der Waals surface area contributed by atoms with Crippen molar-refractivity contribution in [2.75, 3.05) is 4.72 Å². The maximum absolute atomic E-state index is 12.8. The number of nitrogens with one attached hydrogen (secondary N) is 2. The average Bonchev–Trinajstić information content (AvgIpc) is 2.72. The fraction of sp³-hybridized carbons (Fsp3) is 0.0952. The fourth-order valence-corrected chi connectivity index (χ4v) is 4.29. The van der Waals surface area contributed by atoms with E-state index in [0.717, 1.165) is 18.2 Å². The standard InChI is InChI=1S/C21H16ClF3N2O3S/c22-18-10-9-15(12-19(18)31(29,30)27-17-7-2-1-3-8-17)20(28)26-13-14-5-4-6-16(11-14)21(23,24)25/h1-12,27H,13H2,(H,26,28). The molecule has 3 aromatic carbocycles. The molecule has 0 saturated carbocycles. The van der Waals surface area contributed by atoms with E-state index in [9.17, 15) is 26.4 Å². The zero-order valence-corrected chi connectivity index (χ0v) is 17.4.